The number of aromatic carboxylic acids is 1. The van der Waals surface area contributed by atoms with E-state index in [2.05, 4.69) is 10.1 Å². The Balaban J connectivity index is 2.56. The van der Waals surface area contributed by atoms with E-state index in [1.807, 2.05) is 0 Å². The molecule has 0 aromatic carbocycles. The van der Waals surface area contributed by atoms with Gasteiger partial charge in [-0.05, 0) is 0 Å². The molecule has 14 heavy (non-hydrogen) atoms. The number of hydrogen-bond donors (Lipinski definition) is 2. The quantitative estimate of drug-likeness (QED) is 0.748. The highest BCUT2D eigenvalue weighted by Crippen LogP contribution is 2.07. The fourth-order valence-electron chi connectivity index (χ4n) is 0.974. The zero-order valence-corrected chi connectivity index (χ0v) is 7.61. The highest BCUT2D eigenvalue weighted by Gasteiger charge is 2.11. The topological polar surface area (TPSA) is 88.0 Å². The van der Waals surface area contributed by atoms with Gasteiger partial charge in [-0.15, -0.1) is 11.3 Å². The van der Waals surface area contributed by atoms with Gasteiger partial charge >= 0.3 is 5.97 Å². The van der Waals surface area contributed by atoms with Crippen LogP contribution in [0.25, 0.3) is 5.13 Å². The largest absolute Gasteiger partial charge is 0.477 e. The summed E-state index contributed by atoms with van der Waals surface area (Å²) in [5.41, 5.74) is -0.581. The number of rotatable bonds is 2. The lowest BCUT2D eigenvalue weighted by atomic mass is 10.4. The second-order valence-electron chi connectivity index (χ2n) is 2.46. The van der Waals surface area contributed by atoms with Gasteiger partial charge in [-0.3, -0.25) is 9.89 Å². The van der Waals surface area contributed by atoms with Crippen LogP contribution in [0.4, 0.5) is 0 Å². The van der Waals surface area contributed by atoms with Crippen LogP contribution in [-0.4, -0.2) is 25.8 Å². The normalized spacial score (nSPS) is 10.3. The van der Waals surface area contributed by atoms with Crippen molar-refractivity contribution in [3.05, 3.63) is 33.7 Å². The van der Waals surface area contributed by atoms with E-state index < -0.39 is 11.5 Å². The number of H-pyrrole nitrogens is 1. The Kier molecular flexibility index (Phi) is 1.93. The van der Waals surface area contributed by atoms with Crippen LogP contribution in [0.3, 0.4) is 0 Å². The van der Waals surface area contributed by atoms with Gasteiger partial charge in [0.1, 0.15) is 5.69 Å². The van der Waals surface area contributed by atoms with Gasteiger partial charge in [0, 0.05) is 17.6 Å². The van der Waals surface area contributed by atoms with E-state index in [0.717, 1.165) is 10.7 Å². The smallest absolute Gasteiger partial charge is 0.353 e. The lowest BCUT2D eigenvalue weighted by molar-refractivity contribution is 0.0690. The number of carboxylic acids is 1. The molecule has 2 rings (SSSR count). The summed E-state index contributed by atoms with van der Waals surface area (Å²) in [7, 11) is 0. The zero-order valence-electron chi connectivity index (χ0n) is 6.80. The number of nitrogens with one attached hydrogen (secondary N) is 1. The highest BCUT2D eigenvalue weighted by atomic mass is 32.1. The number of nitrogens with zero attached hydrogens (tertiary/aromatic N) is 2. The van der Waals surface area contributed by atoms with Crippen molar-refractivity contribution in [3.63, 3.8) is 0 Å². The molecule has 72 valence electrons. The van der Waals surface area contributed by atoms with E-state index in [1.54, 1.807) is 5.38 Å². The van der Waals surface area contributed by atoms with Crippen molar-refractivity contribution in [1.29, 1.82) is 0 Å². The number of aromatic amines is 1. The second kappa shape index (κ2) is 3.11. The SMILES string of the molecule is O=C(O)c1cc(=O)n(-c2nccs2)[nH]1. The van der Waals surface area contributed by atoms with Gasteiger partial charge in [0.2, 0.25) is 5.13 Å². The predicted octanol–water partition coefficient (Wildman–Crippen LogP) is 0.320. The van der Waals surface area contributed by atoms with Crippen molar-refractivity contribution in [2.75, 3.05) is 0 Å². The number of hydrogen-bond acceptors (Lipinski definition) is 4. The zero-order chi connectivity index (χ0) is 10.1. The van der Waals surface area contributed by atoms with E-state index in [4.69, 9.17) is 5.11 Å². The van der Waals surface area contributed by atoms with E-state index in [1.165, 1.54) is 17.5 Å². The molecule has 2 aromatic rings. The third-order valence-corrected chi connectivity index (χ3v) is 2.32. The molecule has 0 saturated carbocycles. The molecule has 0 spiro atoms. The maximum absolute atomic E-state index is 11.3. The fraction of sp³-hybridized carbons (Fsp3) is 0. The molecule has 0 saturated heterocycles. The Morgan fingerprint density at radius 3 is 2.93 bits per heavy atom. The summed E-state index contributed by atoms with van der Waals surface area (Å²) in [6, 6.07) is 1.02. The highest BCUT2D eigenvalue weighted by molar-refractivity contribution is 7.12. The molecule has 6 nitrogen and oxygen atoms in total. The summed E-state index contributed by atoms with van der Waals surface area (Å²) >= 11 is 1.24. The Morgan fingerprint density at radius 1 is 1.64 bits per heavy atom. The van der Waals surface area contributed by atoms with Gasteiger partial charge in [0.05, 0.1) is 0 Å². The minimum absolute atomic E-state index is 0.148. The molecule has 2 aromatic heterocycles. The fourth-order valence-corrected chi connectivity index (χ4v) is 1.58. The van der Waals surface area contributed by atoms with Crippen LogP contribution in [0.1, 0.15) is 10.5 Å². The molecule has 7 heteroatoms. The maximum Gasteiger partial charge on any atom is 0.353 e. The number of aromatic nitrogens is 3. The van der Waals surface area contributed by atoms with Gasteiger partial charge in [-0.2, -0.15) is 4.68 Å². The summed E-state index contributed by atoms with van der Waals surface area (Å²) in [5, 5.41) is 13.2. The summed E-state index contributed by atoms with van der Waals surface area (Å²) < 4.78 is 1.09. The van der Waals surface area contributed by atoms with Gasteiger partial charge in [-0.1, -0.05) is 0 Å². The average Bonchev–Trinajstić information content (AvgIpc) is 2.71. The van der Waals surface area contributed by atoms with Gasteiger partial charge in [0.15, 0.2) is 0 Å². The molecule has 0 unspecified atom stereocenters. The Labute approximate surface area is 81.4 Å². The standard InChI is InChI=1S/C7H5N3O3S/c11-5-3-4(6(12)13)9-10(5)7-8-1-2-14-7/h1-3,9H,(H,12,13). The van der Waals surface area contributed by atoms with E-state index in [-0.39, 0.29) is 5.69 Å². The summed E-state index contributed by atoms with van der Waals surface area (Å²) in [4.78, 5) is 25.7. The number of carbonyl (C=O) groups is 1. The third kappa shape index (κ3) is 1.33. The lowest BCUT2D eigenvalue weighted by Crippen LogP contribution is -2.12. The van der Waals surface area contributed by atoms with Crippen LogP contribution in [0.5, 0.6) is 0 Å². The van der Waals surface area contributed by atoms with Crippen molar-refractivity contribution in [1.82, 2.24) is 14.8 Å². The van der Waals surface area contributed by atoms with Crippen LogP contribution in [0.2, 0.25) is 0 Å². The van der Waals surface area contributed by atoms with Crippen molar-refractivity contribution < 1.29 is 9.90 Å². The summed E-state index contributed by atoms with van der Waals surface area (Å²) in [6.07, 6.45) is 1.54. The molecule has 0 radical (unpaired) electrons. The molecule has 0 bridgehead atoms. The summed E-state index contributed by atoms with van der Waals surface area (Å²) in [6.45, 7) is 0. The van der Waals surface area contributed by atoms with Crippen LogP contribution in [0.15, 0.2) is 22.4 Å². The van der Waals surface area contributed by atoms with Gasteiger partial charge < -0.3 is 5.11 Å². The van der Waals surface area contributed by atoms with Gasteiger partial charge in [0.25, 0.3) is 5.56 Å². The molecule has 0 amide bonds. The predicted molar refractivity (Wildman–Crippen MR) is 49.0 cm³/mol. The van der Waals surface area contributed by atoms with E-state index in [0.29, 0.717) is 5.13 Å². The molecule has 0 aliphatic rings. The van der Waals surface area contributed by atoms with E-state index >= 15 is 0 Å². The van der Waals surface area contributed by atoms with Crippen LogP contribution in [-0.2, 0) is 0 Å². The Hall–Kier alpha value is -1.89. The molecular formula is C7H5N3O3S. The molecule has 2 N–H and O–H groups in total. The monoisotopic (exact) mass is 211 g/mol. The average molecular weight is 211 g/mol. The van der Waals surface area contributed by atoms with Crippen molar-refractivity contribution in [2.45, 2.75) is 0 Å². The first kappa shape index (κ1) is 8.70. The Morgan fingerprint density at radius 2 is 2.43 bits per heavy atom. The second-order valence-corrected chi connectivity index (χ2v) is 3.34. The molecule has 0 aliphatic heterocycles. The molecule has 2 heterocycles. The number of thiazole rings is 1. The first-order valence-electron chi connectivity index (χ1n) is 3.63. The van der Waals surface area contributed by atoms with Crippen LogP contribution in [0, 0.1) is 0 Å². The minimum Gasteiger partial charge on any atom is -0.477 e. The van der Waals surface area contributed by atoms with Crippen molar-refractivity contribution in [2.24, 2.45) is 0 Å². The first-order chi connectivity index (χ1) is 6.68. The minimum atomic E-state index is -1.17. The van der Waals surface area contributed by atoms with E-state index in [9.17, 15) is 9.59 Å². The molecular weight excluding hydrogens is 206 g/mol. The molecule has 0 aliphatic carbocycles. The third-order valence-electron chi connectivity index (χ3n) is 1.56. The molecule has 0 fully saturated rings. The van der Waals surface area contributed by atoms with Gasteiger partial charge in [-0.25, -0.2) is 9.78 Å². The van der Waals surface area contributed by atoms with Crippen molar-refractivity contribution in [3.8, 4) is 5.13 Å². The Bertz CT molecular complexity index is 511. The lowest BCUT2D eigenvalue weighted by Gasteiger charge is -1.93. The number of carboxylic acid groups (broad SMARTS) is 1. The van der Waals surface area contributed by atoms with Crippen molar-refractivity contribution >= 4 is 17.3 Å². The summed E-state index contributed by atoms with van der Waals surface area (Å²) in [5.74, 6) is -1.17. The van der Waals surface area contributed by atoms with Crippen LogP contribution < -0.4 is 5.56 Å². The first-order valence-corrected chi connectivity index (χ1v) is 4.51. The van der Waals surface area contributed by atoms with Crippen LogP contribution >= 0.6 is 11.3 Å². The maximum atomic E-state index is 11.3. The molecule has 0 atom stereocenters.